The second kappa shape index (κ2) is 5.68. The standard InChI is InChI=1S/C13H18N2O2/c1-17-11-5-2-4-10(8-11)9-15-13(16)12-6-3-7-14-12/h2,4-5,8,12,14H,3,6-7,9H2,1H3,(H,15,16)/t12-/m1/s1. The highest BCUT2D eigenvalue weighted by Gasteiger charge is 2.21. The van der Waals surface area contributed by atoms with Crippen molar-refractivity contribution in [3.63, 3.8) is 0 Å². The third kappa shape index (κ3) is 3.20. The Labute approximate surface area is 101 Å². The Kier molecular flexibility index (Phi) is 3.98. The lowest BCUT2D eigenvalue weighted by atomic mass is 10.2. The van der Waals surface area contributed by atoms with Crippen molar-refractivity contribution in [2.45, 2.75) is 25.4 Å². The smallest absolute Gasteiger partial charge is 0.237 e. The third-order valence-corrected chi connectivity index (χ3v) is 2.98. The molecule has 1 aromatic carbocycles. The summed E-state index contributed by atoms with van der Waals surface area (Å²) in [6.07, 6.45) is 2.02. The van der Waals surface area contributed by atoms with E-state index in [9.17, 15) is 4.79 Å². The van der Waals surface area contributed by atoms with E-state index in [1.54, 1.807) is 7.11 Å². The van der Waals surface area contributed by atoms with Gasteiger partial charge in [-0.05, 0) is 37.1 Å². The van der Waals surface area contributed by atoms with Crippen molar-refractivity contribution >= 4 is 5.91 Å². The number of ether oxygens (including phenoxy) is 1. The van der Waals surface area contributed by atoms with E-state index >= 15 is 0 Å². The molecule has 17 heavy (non-hydrogen) atoms. The molecule has 1 fully saturated rings. The number of rotatable bonds is 4. The minimum absolute atomic E-state index is 0.0133. The fourth-order valence-corrected chi connectivity index (χ4v) is 2.00. The number of carbonyl (C=O) groups is 1. The molecule has 0 aliphatic carbocycles. The van der Waals surface area contributed by atoms with Crippen LogP contribution in [0.2, 0.25) is 0 Å². The van der Waals surface area contributed by atoms with Gasteiger partial charge in [0, 0.05) is 6.54 Å². The molecule has 1 aliphatic heterocycles. The fourth-order valence-electron chi connectivity index (χ4n) is 2.00. The van der Waals surface area contributed by atoms with Crippen molar-refractivity contribution in [1.29, 1.82) is 0 Å². The van der Waals surface area contributed by atoms with Gasteiger partial charge in [0.25, 0.3) is 0 Å². The average molecular weight is 234 g/mol. The Morgan fingerprint density at radius 1 is 1.59 bits per heavy atom. The van der Waals surface area contributed by atoms with E-state index in [1.165, 1.54) is 0 Å². The number of hydrogen-bond donors (Lipinski definition) is 2. The highest BCUT2D eigenvalue weighted by Crippen LogP contribution is 2.12. The SMILES string of the molecule is COc1cccc(CNC(=O)[C@H]2CCCN2)c1. The number of methoxy groups -OCH3 is 1. The minimum Gasteiger partial charge on any atom is -0.497 e. The maximum absolute atomic E-state index is 11.8. The van der Waals surface area contributed by atoms with E-state index in [2.05, 4.69) is 10.6 Å². The van der Waals surface area contributed by atoms with Crippen molar-refractivity contribution in [2.75, 3.05) is 13.7 Å². The zero-order valence-corrected chi connectivity index (χ0v) is 10.0. The van der Waals surface area contributed by atoms with Crippen LogP contribution in [0, 0.1) is 0 Å². The zero-order valence-electron chi connectivity index (χ0n) is 10.0. The summed E-state index contributed by atoms with van der Waals surface area (Å²) in [7, 11) is 1.64. The van der Waals surface area contributed by atoms with Crippen molar-refractivity contribution < 1.29 is 9.53 Å². The molecule has 1 aromatic rings. The minimum atomic E-state index is -0.0133. The van der Waals surface area contributed by atoms with Crippen LogP contribution < -0.4 is 15.4 Å². The zero-order chi connectivity index (χ0) is 12.1. The largest absolute Gasteiger partial charge is 0.497 e. The van der Waals surface area contributed by atoms with E-state index in [-0.39, 0.29) is 11.9 Å². The molecule has 1 saturated heterocycles. The molecule has 1 heterocycles. The van der Waals surface area contributed by atoms with Gasteiger partial charge in [-0.1, -0.05) is 12.1 Å². The molecular formula is C13H18N2O2. The Hall–Kier alpha value is -1.55. The van der Waals surface area contributed by atoms with Crippen molar-refractivity contribution in [3.8, 4) is 5.75 Å². The molecule has 4 heteroatoms. The summed E-state index contributed by atoms with van der Waals surface area (Å²) < 4.78 is 5.14. The van der Waals surface area contributed by atoms with Gasteiger partial charge in [-0.2, -0.15) is 0 Å². The van der Waals surface area contributed by atoms with E-state index in [1.807, 2.05) is 24.3 Å². The molecule has 0 unspecified atom stereocenters. The monoisotopic (exact) mass is 234 g/mol. The van der Waals surface area contributed by atoms with Gasteiger partial charge in [0.15, 0.2) is 0 Å². The molecule has 4 nitrogen and oxygen atoms in total. The molecular weight excluding hydrogens is 216 g/mol. The Balaban J connectivity index is 1.86. The molecule has 0 spiro atoms. The molecule has 1 amide bonds. The number of nitrogens with one attached hydrogen (secondary N) is 2. The second-order valence-electron chi connectivity index (χ2n) is 4.22. The number of benzene rings is 1. The normalized spacial score (nSPS) is 19.0. The van der Waals surface area contributed by atoms with E-state index < -0.39 is 0 Å². The summed E-state index contributed by atoms with van der Waals surface area (Å²) in [5.41, 5.74) is 1.05. The Bertz CT molecular complexity index is 387. The summed E-state index contributed by atoms with van der Waals surface area (Å²) >= 11 is 0. The van der Waals surface area contributed by atoms with Gasteiger partial charge in [0.1, 0.15) is 5.75 Å². The van der Waals surface area contributed by atoms with Crippen molar-refractivity contribution in [3.05, 3.63) is 29.8 Å². The van der Waals surface area contributed by atoms with Crippen LogP contribution in [0.3, 0.4) is 0 Å². The lowest BCUT2D eigenvalue weighted by Gasteiger charge is -2.11. The molecule has 92 valence electrons. The van der Waals surface area contributed by atoms with Crippen LogP contribution in [0.4, 0.5) is 0 Å². The first kappa shape index (κ1) is 11.9. The van der Waals surface area contributed by atoms with Crippen molar-refractivity contribution in [1.82, 2.24) is 10.6 Å². The second-order valence-corrected chi connectivity index (χ2v) is 4.22. The lowest BCUT2D eigenvalue weighted by Crippen LogP contribution is -2.39. The van der Waals surface area contributed by atoms with E-state index in [0.29, 0.717) is 6.54 Å². The Morgan fingerprint density at radius 2 is 2.47 bits per heavy atom. The number of amides is 1. The van der Waals surface area contributed by atoms with Crippen LogP contribution in [-0.4, -0.2) is 25.6 Å². The van der Waals surface area contributed by atoms with Crippen LogP contribution >= 0.6 is 0 Å². The number of carbonyl (C=O) groups excluding carboxylic acids is 1. The molecule has 2 N–H and O–H groups in total. The molecule has 1 atom stereocenters. The summed E-state index contributed by atoms with van der Waals surface area (Å²) in [5.74, 6) is 0.904. The van der Waals surface area contributed by atoms with Crippen LogP contribution in [0.25, 0.3) is 0 Å². The maximum Gasteiger partial charge on any atom is 0.237 e. The van der Waals surface area contributed by atoms with Gasteiger partial charge in [-0.15, -0.1) is 0 Å². The van der Waals surface area contributed by atoms with Gasteiger partial charge in [-0.25, -0.2) is 0 Å². The summed E-state index contributed by atoms with van der Waals surface area (Å²) in [4.78, 5) is 11.8. The highest BCUT2D eigenvalue weighted by molar-refractivity contribution is 5.81. The summed E-state index contributed by atoms with van der Waals surface area (Å²) in [6, 6.07) is 7.71. The Morgan fingerprint density at radius 3 is 3.18 bits per heavy atom. The molecule has 0 aromatic heterocycles. The van der Waals surface area contributed by atoms with Crippen LogP contribution in [-0.2, 0) is 11.3 Å². The topological polar surface area (TPSA) is 50.4 Å². The van der Waals surface area contributed by atoms with E-state index in [0.717, 1.165) is 30.7 Å². The average Bonchev–Trinajstić information content (AvgIpc) is 2.90. The quantitative estimate of drug-likeness (QED) is 0.819. The molecule has 0 radical (unpaired) electrons. The van der Waals surface area contributed by atoms with Gasteiger partial charge < -0.3 is 15.4 Å². The van der Waals surface area contributed by atoms with E-state index in [4.69, 9.17) is 4.74 Å². The van der Waals surface area contributed by atoms with Crippen LogP contribution in [0.1, 0.15) is 18.4 Å². The predicted octanol–water partition coefficient (Wildman–Crippen LogP) is 1.06. The highest BCUT2D eigenvalue weighted by atomic mass is 16.5. The predicted molar refractivity (Wildman–Crippen MR) is 65.9 cm³/mol. The van der Waals surface area contributed by atoms with Gasteiger partial charge in [-0.3, -0.25) is 4.79 Å². The van der Waals surface area contributed by atoms with Gasteiger partial charge in [0.05, 0.1) is 13.2 Å². The van der Waals surface area contributed by atoms with Crippen LogP contribution in [0.15, 0.2) is 24.3 Å². The number of hydrogen-bond acceptors (Lipinski definition) is 3. The van der Waals surface area contributed by atoms with Gasteiger partial charge >= 0.3 is 0 Å². The lowest BCUT2D eigenvalue weighted by molar-refractivity contribution is -0.122. The first-order valence-electron chi connectivity index (χ1n) is 5.93. The first-order chi connectivity index (χ1) is 8.29. The fraction of sp³-hybridized carbons (Fsp3) is 0.462. The van der Waals surface area contributed by atoms with Crippen LogP contribution in [0.5, 0.6) is 5.75 Å². The first-order valence-corrected chi connectivity index (χ1v) is 5.93. The summed E-state index contributed by atoms with van der Waals surface area (Å²) in [6.45, 7) is 1.49. The molecule has 1 aliphatic rings. The van der Waals surface area contributed by atoms with Gasteiger partial charge in [0.2, 0.25) is 5.91 Å². The van der Waals surface area contributed by atoms with Crippen molar-refractivity contribution in [2.24, 2.45) is 0 Å². The molecule has 2 rings (SSSR count). The molecule has 0 bridgehead atoms. The third-order valence-electron chi connectivity index (χ3n) is 2.98. The molecule has 0 saturated carbocycles. The maximum atomic E-state index is 11.8. The summed E-state index contributed by atoms with van der Waals surface area (Å²) in [5, 5.41) is 6.11.